The predicted octanol–water partition coefficient (Wildman–Crippen LogP) is 14.1. The van der Waals surface area contributed by atoms with E-state index < -0.39 is 38.5 Å². The number of aliphatic hydroxyl groups is 5. The number of carbonyl (C=O) groups is 6. The Morgan fingerprint density at radius 2 is 0.676 bits per heavy atom. The van der Waals surface area contributed by atoms with Crippen molar-refractivity contribution in [1.82, 2.24) is 19.9 Å². The summed E-state index contributed by atoms with van der Waals surface area (Å²) in [5.41, 5.74) is 11.2. The van der Waals surface area contributed by atoms with Crippen molar-refractivity contribution in [2.75, 3.05) is 54.9 Å². The fraction of sp³-hybridized carbons (Fsp3) is 0.282. The molecular formula is C103H113B2F3N4NaO22S. The first-order valence-electron chi connectivity index (χ1n) is 42.5. The molecule has 0 fully saturated rings. The summed E-state index contributed by atoms with van der Waals surface area (Å²) in [6.07, 6.45) is 17.6. The van der Waals surface area contributed by atoms with Crippen molar-refractivity contribution in [1.29, 1.82) is 0 Å². The number of ether oxygens (including phenoxy) is 7. The summed E-state index contributed by atoms with van der Waals surface area (Å²) in [6.45, 7) is 14.6. The number of aromatic nitrogens is 4. The maximum absolute atomic E-state index is 12.3. The number of methoxy groups -OCH3 is 4. The number of nitrogens with zero attached hydrogens (tertiary/aromatic N) is 4. The number of aryl methyl sites for hydroxylation is 4. The van der Waals surface area contributed by atoms with Gasteiger partial charge in [0.1, 0.15) is 36.6 Å². The maximum Gasteiger partial charge on any atom is 1.00 e. The van der Waals surface area contributed by atoms with Crippen molar-refractivity contribution in [3.63, 3.8) is 0 Å². The number of alkyl halides is 3. The third kappa shape index (κ3) is 36.5. The summed E-state index contributed by atoms with van der Waals surface area (Å²) >= 11 is 0. The molecule has 0 aliphatic carbocycles. The van der Waals surface area contributed by atoms with Crippen molar-refractivity contribution < 1.29 is 149 Å². The van der Waals surface area contributed by atoms with E-state index in [9.17, 15) is 60.6 Å². The molecule has 0 bridgehead atoms. The van der Waals surface area contributed by atoms with Crippen LogP contribution in [-0.4, -0.2) is 183 Å². The van der Waals surface area contributed by atoms with Crippen LogP contribution in [0.1, 0.15) is 137 Å². The monoisotopic (exact) mass is 1890 g/mol. The van der Waals surface area contributed by atoms with Gasteiger partial charge in [-0.05, 0) is 274 Å². The molecule has 0 saturated carbocycles. The van der Waals surface area contributed by atoms with E-state index in [0.717, 1.165) is 136 Å². The van der Waals surface area contributed by atoms with E-state index in [4.69, 9.17) is 61.4 Å². The summed E-state index contributed by atoms with van der Waals surface area (Å²) in [4.78, 5) is 85.0. The molecule has 711 valence electrons. The number of carboxylic acid groups (broad SMARTS) is 1. The Labute approximate surface area is 818 Å². The molecule has 4 aromatic heterocycles. The second-order valence-corrected chi connectivity index (χ2v) is 31.7. The van der Waals surface area contributed by atoms with Gasteiger partial charge in [-0.1, -0.05) is 96.0 Å². The van der Waals surface area contributed by atoms with Crippen LogP contribution in [-0.2, 0) is 82.4 Å². The molecule has 0 spiro atoms. The molecule has 5 radical (unpaired) electrons. The molecular weight excluding hydrogens is 1780 g/mol. The minimum absolute atomic E-state index is 0. The van der Waals surface area contributed by atoms with Crippen LogP contribution in [0.2, 0.25) is 0 Å². The number of aldehydes is 2. The first-order valence-corrected chi connectivity index (χ1v) is 43.9. The largest absolute Gasteiger partial charge is 1.00 e. The Balaban J connectivity index is 0.000000431. The van der Waals surface area contributed by atoms with Gasteiger partial charge in [-0.3, -0.25) is 48.7 Å². The van der Waals surface area contributed by atoms with Crippen LogP contribution in [0.4, 0.5) is 13.2 Å². The molecule has 26 nitrogen and oxygen atoms in total. The summed E-state index contributed by atoms with van der Waals surface area (Å²) in [7, 11) is 6.43. The van der Waals surface area contributed by atoms with Crippen molar-refractivity contribution in [2.24, 2.45) is 0 Å². The number of halogens is 3. The molecule has 4 heterocycles. The molecule has 6 N–H and O–H groups in total. The van der Waals surface area contributed by atoms with Gasteiger partial charge >= 0.3 is 69.1 Å². The van der Waals surface area contributed by atoms with E-state index in [1.165, 1.54) is 18.5 Å². The van der Waals surface area contributed by atoms with Crippen LogP contribution in [0, 0.1) is 0 Å². The number of pyridine rings is 4. The first kappa shape index (κ1) is 116. The van der Waals surface area contributed by atoms with Gasteiger partial charge in [0.25, 0.3) is 0 Å². The molecule has 136 heavy (non-hydrogen) atoms. The zero-order valence-electron chi connectivity index (χ0n) is 79.3. The Morgan fingerprint density at radius 1 is 0.397 bits per heavy atom. The SMILES string of the molecule is CC(C)(O)C(C)(C)O.CCO.CCOC(=O)CCc1cc(OC)ccc1-c1ccc(-c2cccnc2)c(C=O)c1.CCOC(=O)CCc1cc(OC)ccc1-c1ccc(-c2cccnc2)c(CO)c1.COc1ccc(-c2ccc(-c3cccnc3)c(CO)c2)c(CCC(=O)O)c1.O=Cc1cc(OS(=O)(=O)C(F)(F)F)ccc1-c1cccnc1.[B].[B]c1ccc(OC)cc1CCC(=O)OCC.[H-].[Na+]. The van der Waals surface area contributed by atoms with Gasteiger partial charge in [-0.2, -0.15) is 21.6 Å². The van der Waals surface area contributed by atoms with Gasteiger partial charge < -0.3 is 69.4 Å². The molecule has 0 unspecified atom stereocenters. The fourth-order valence-electron chi connectivity index (χ4n) is 12.8. The second-order valence-electron chi connectivity index (χ2n) is 30.2. The fourth-order valence-corrected chi connectivity index (χ4v) is 13.2. The predicted molar refractivity (Wildman–Crippen MR) is 514 cm³/mol. The quantitative estimate of drug-likeness (QED) is 0.00555. The van der Waals surface area contributed by atoms with Gasteiger partial charge in [0.2, 0.25) is 0 Å². The van der Waals surface area contributed by atoms with E-state index in [-0.39, 0.29) is 95.5 Å². The number of esters is 3. The van der Waals surface area contributed by atoms with Gasteiger partial charge in [0.05, 0.1) is 72.7 Å². The van der Waals surface area contributed by atoms with E-state index in [2.05, 4.69) is 24.1 Å². The van der Waals surface area contributed by atoms with Gasteiger partial charge in [-0.15, -0.1) is 0 Å². The zero-order valence-corrected chi connectivity index (χ0v) is 81.2. The minimum Gasteiger partial charge on any atom is -1.00 e. The third-order valence-corrected chi connectivity index (χ3v) is 21.3. The summed E-state index contributed by atoms with van der Waals surface area (Å²) < 4.78 is 98.6. The average molecular weight is 1890 g/mol. The molecule has 12 rings (SSSR count). The smallest absolute Gasteiger partial charge is 1.00 e. The number of carbonyl (C=O) groups excluding carboxylic acids is 5. The number of hydrogen-bond donors (Lipinski definition) is 6. The minimum atomic E-state index is -5.78. The topological polar surface area (TPSA) is 383 Å². The van der Waals surface area contributed by atoms with Crippen molar-refractivity contribution >= 4 is 68.3 Å². The summed E-state index contributed by atoms with van der Waals surface area (Å²) in [6, 6.07) is 58.2. The number of benzene rings is 8. The molecule has 0 amide bonds. The van der Waals surface area contributed by atoms with Crippen molar-refractivity contribution in [3.05, 3.63) is 288 Å². The van der Waals surface area contributed by atoms with Crippen LogP contribution in [0.3, 0.4) is 0 Å². The van der Waals surface area contributed by atoms with Gasteiger partial charge in [0.15, 0.2) is 12.6 Å². The van der Waals surface area contributed by atoms with Crippen LogP contribution < -0.4 is 58.2 Å². The first-order chi connectivity index (χ1) is 64.0. The molecule has 0 aliphatic heterocycles. The standard InChI is InChI=1S/C24H25NO4.C24H23NO4.C22H21NO4.C13H8F3NO4S.C12H15BO3.C6H14O2.C2H6O.B.Na.H/c2*1-3-29-24(27)11-7-18-14-21(28-2)8-10-22(18)17-6-9-23(20(13-17)16-26)19-5-4-12-25-15-19;1-27-19-6-8-20(16(12-19)5-9-22(25)26)15-4-7-21(18(11-15)14-24)17-3-2-10-23-13-17;14-13(15,16)22(19,20)21-11-3-4-12(10(6-11)8-18)9-2-1-5-17-7-9;1-3-16-12(14)7-4-9-8-10(15-2)5-6-11(9)13;1-5(2,7)6(3,4)8;1-2-3;;;/h4-6,8-10,12-15,26H,3,7,11,16H2,1-2H3;4-6,8-10,12-16H,3,7,11H2,1-2H3;2-4,6-8,10-13,24H,5,9,14H2,1H3,(H,25,26);1-8H;5-6,8H,3-4,7H2,1-2H3;7-8H,1-4H3;3H,2H2,1H3;;;/q;;;;;;;;+1;-1. The number of aliphatic hydroxyl groups excluding tert-OH is 3. The second kappa shape index (κ2) is 58.5. The van der Waals surface area contributed by atoms with E-state index >= 15 is 0 Å². The summed E-state index contributed by atoms with van der Waals surface area (Å²) in [5.74, 6) is 0.785. The molecule has 0 aliphatic rings. The Hall–Kier alpha value is -12.8. The number of rotatable bonds is 33. The normalized spacial score (nSPS) is 10.6. The van der Waals surface area contributed by atoms with Crippen molar-refractivity contribution in [2.45, 2.75) is 137 Å². The van der Waals surface area contributed by atoms with Crippen LogP contribution in [0.15, 0.2) is 244 Å². The van der Waals surface area contributed by atoms with Crippen LogP contribution in [0.5, 0.6) is 28.7 Å². The maximum atomic E-state index is 12.3. The number of carboxylic acids is 1. The van der Waals surface area contributed by atoms with Gasteiger partial charge in [-0.25, -0.2) is 0 Å². The Bertz CT molecular complexity index is 5900. The van der Waals surface area contributed by atoms with E-state index in [1.54, 1.807) is 145 Å². The van der Waals surface area contributed by atoms with Crippen LogP contribution in [0.25, 0.3) is 77.9 Å². The number of hydrogen-bond acceptors (Lipinski definition) is 25. The molecule has 8 aromatic carbocycles. The van der Waals surface area contributed by atoms with Crippen LogP contribution >= 0.6 is 0 Å². The molecule has 12 aromatic rings. The average Bonchev–Trinajstić information content (AvgIpc) is 0.810. The third-order valence-electron chi connectivity index (χ3n) is 20.3. The van der Waals surface area contributed by atoms with Crippen molar-refractivity contribution in [3.8, 4) is 107 Å². The van der Waals surface area contributed by atoms with Gasteiger partial charge in [0, 0.05) is 124 Å². The molecule has 33 heteroatoms. The molecule has 0 saturated heterocycles. The summed E-state index contributed by atoms with van der Waals surface area (Å²) in [5, 5.41) is 54.6. The van der Waals surface area contributed by atoms with E-state index in [1.807, 2.05) is 152 Å². The van der Waals surface area contributed by atoms with E-state index in [0.29, 0.717) is 92.5 Å². The Kier molecular flexibility index (Phi) is 49.7. The zero-order chi connectivity index (χ0) is 98.6. The molecule has 0 atom stereocenters. The Morgan fingerprint density at radius 3 is 0.978 bits per heavy atom. The number of aliphatic carboxylic acids is 1.